The van der Waals surface area contributed by atoms with E-state index in [4.69, 9.17) is 11.6 Å². The molecule has 4 heteroatoms. The van der Waals surface area contributed by atoms with Gasteiger partial charge in [-0.2, -0.15) is 0 Å². The molecule has 0 amide bonds. The van der Waals surface area contributed by atoms with Gasteiger partial charge in [0.15, 0.2) is 0 Å². The van der Waals surface area contributed by atoms with Crippen LogP contribution < -0.4 is 5.32 Å². The summed E-state index contributed by atoms with van der Waals surface area (Å²) < 4.78 is 2.33. The van der Waals surface area contributed by atoms with E-state index in [0.29, 0.717) is 0 Å². The summed E-state index contributed by atoms with van der Waals surface area (Å²) in [5, 5.41) is 5.60. The van der Waals surface area contributed by atoms with E-state index in [2.05, 4.69) is 40.2 Å². The molecule has 2 heterocycles. The van der Waals surface area contributed by atoms with Gasteiger partial charge in [-0.05, 0) is 23.8 Å². The maximum absolute atomic E-state index is 6.42. The molecule has 0 saturated carbocycles. The minimum absolute atomic E-state index is 0. The molecule has 0 aliphatic carbocycles. The van der Waals surface area contributed by atoms with Crippen LogP contribution in [0.15, 0.2) is 48.5 Å². The van der Waals surface area contributed by atoms with Gasteiger partial charge >= 0.3 is 0 Å². The molecular weight excluding hydrogens is 303 g/mol. The second-order valence-electron chi connectivity index (χ2n) is 5.16. The van der Waals surface area contributed by atoms with Gasteiger partial charge in [0.2, 0.25) is 0 Å². The SMILES string of the molecule is Cl.Clc1ccccc1-n1c2c(c3ccccc31)CNCC2. The summed E-state index contributed by atoms with van der Waals surface area (Å²) in [6.07, 6.45) is 1.04. The molecule has 108 valence electrons. The van der Waals surface area contributed by atoms with Crippen LogP contribution in [-0.2, 0) is 13.0 Å². The lowest BCUT2D eigenvalue weighted by Gasteiger charge is -2.17. The Bertz CT molecular complexity index is 793. The summed E-state index contributed by atoms with van der Waals surface area (Å²) in [5.74, 6) is 0. The lowest BCUT2D eigenvalue weighted by Crippen LogP contribution is -2.24. The number of rotatable bonds is 1. The van der Waals surface area contributed by atoms with Crippen molar-refractivity contribution in [2.75, 3.05) is 6.54 Å². The van der Waals surface area contributed by atoms with E-state index in [0.717, 1.165) is 30.2 Å². The Morgan fingerprint density at radius 1 is 1.00 bits per heavy atom. The Hall–Kier alpha value is -1.48. The highest BCUT2D eigenvalue weighted by atomic mass is 35.5. The smallest absolute Gasteiger partial charge is 0.0646 e. The van der Waals surface area contributed by atoms with Gasteiger partial charge in [0.1, 0.15) is 0 Å². The van der Waals surface area contributed by atoms with Crippen molar-refractivity contribution in [2.45, 2.75) is 13.0 Å². The van der Waals surface area contributed by atoms with Crippen LogP contribution in [0.3, 0.4) is 0 Å². The van der Waals surface area contributed by atoms with Crippen molar-refractivity contribution in [3.05, 3.63) is 64.8 Å². The molecule has 0 radical (unpaired) electrons. The Morgan fingerprint density at radius 3 is 2.62 bits per heavy atom. The van der Waals surface area contributed by atoms with Crippen molar-refractivity contribution in [3.8, 4) is 5.69 Å². The second-order valence-corrected chi connectivity index (χ2v) is 5.56. The zero-order chi connectivity index (χ0) is 13.5. The molecule has 0 bridgehead atoms. The van der Waals surface area contributed by atoms with Crippen molar-refractivity contribution < 1.29 is 0 Å². The Labute approximate surface area is 135 Å². The molecule has 2 nitrogen and oxygen atoms in total. The van der Waals surface area contributed by atoms with Crippen LogP contribution >= 0.6 is 24.0 Å². The van der Waals surface area contributed by atoms with E-state index in [1.165, 1.54) is 22.2 Å². The average Bonchev–Trinajstić information content (AvgIpc) is 2.83. The summed E-state index contributed by atoms with van der Waals surface area (Å²) in [5.41, 5.74) is 5.12. The number of hydrogen-bond donors (Lipinski definition) is 1. The van der Waals surface area contributed by atoms with Gasteiger partial charge in [-0.3, -0.25) is 0 Å². The molecule has 2 aromatic carbocycles. The number of fused-ring (bicyclic) bond motifs is 3. The fraction of sp³-hybridized carbons (Fsp3) is 0.176. The van der Waals surface area contributed by atoms with Crippen LogP contribution in [0, 0.1) is 0 Å². The summed E-state index contributed by atoms with van der Waals surface area (Å²) in [6.45, 7) is 1.96. The lowest BCUT2D eigenvalue weighted by atomic mass is 10.1. The number of nitrogens with zero attached hydrogens (tertiary/aromatic N) is 1. The van der Waals surface area contributed by atoms with Gasteiger partial charge in [0.05, 0.1) is 16.2 Å². The molecule has 0 spiro atoms. The maximum Gasteiger partial charge on any atom is 0.0646 e. The van der Waals surface area contributed by atoms with Gasteiger partial charge in [-0.25, -0.2) is 0 Å². The van der Waals surface area contributed by atoms with Gasteiger partial charge in [0, 0.05) is 30.6 Å². The fourth-order valence-electron chi connectivity index (χ4n) is 3.15. The molecule has 0 saturated heterocycles. The first-order chi connectivity index (χ1) is 9.86. The summed E-state index contributed by atoms with van der Waals surface area (Å²) in [7, 11) is 0. The minimum atomic E-state index is 0. The highest BCUT2D eigenvalue weighted by molar-refractivity contribution is 6.32. The van der Waals surface area contributed by atoms with Crippen molar-refractivity contribution in [3.63, 3.8) is 0 Å². The zero-order valence-electron chi connectivity index (χ0n) is 11.5. The van der Waals surface area contributed by atoms with Gasteiger partial charge in [-0.15, -0.1) is 12.4 Å². The van der Waals surface area contributed by atoms with Crippen molar-refractivity contribution in [2.24, 2.45) is 0 Å². The fourth-order valence-corrected chi connectivity index (χ4v) is 3.37. The summed E-state index contributed by atoms with van der Waals surface area (Å²) in [4.78, 5) is 0. The number of aromatic nitrogens is 1. The lowest BCUT2D eigenvalue weighted by molar-refractivity contribution is 0.631. The van der Waals surface area contributed by atoms with E-state index < -0.39 is 0 Å². The molecule has 1 aromatic heterocycles. The molecular formula is C17H16Cl2N2. The topological polar surface area (TPSA) is 17.0 Å². The number of para-hydroxylation sites is 2. The summed E-state index contributed by atoms with van der Waals surface area (Å²) >= 11 is 6.42. The highest BCUT2D eigenvalue weighted by Gasteiger charge is 2.20. The molecule has 4 rings (SSSR count). The predicted octanol–water partition coefficient (Wildman–Crippen LogP) is 4.35. The molecule has 1 aliphatic rings. The third-order valence-electron chi connectivity index (χ3n) is 4.02. The Balaban J connectivity index is 0.00000132. The van der Waals surface area contributed by atoms with E-state index in [1.54, 1.807) is 0 Å². The van der Waals surface area contributed by atoms with Crippen molar-refractivity contribution in [1.29, 1.82) is 0 Å². The standard InChI is InChI=1S/C17H15ClN2.ClH/c18-14-6-2-4-8-17(14)20-15-7-3-1-5-12(15)13-11-19-10-9-16(13)20;/h1-8,19H,9-11H2;1H. The molecule has 0 atom stereocenters. The number of benzene rings is 2. The molecule has 3 aromatic rings. The Kier molecular flexibility index (Phi) is 3.94. The van der Waals surface area contributed by atoms with Crippen LogP contribution in [0.25, 0.3) is 16.6 Å². The van der Waals surface area contributed by atoms with Gasteiger partial charge < -0.3 is 9.88 Å². The van der Waals surface area contributed by atoms with Crippen LogP contribution in [0.1, 0.15) is 11.3 Å². The van der Waals surface area contributed by atoms with Crippen LogP contribution in [0.4, 0.5) is 0 Å². The first-order valence-corrected chi connectivity index (χ1v) is 7.31. The van der Waals surface area contributed by atoms with E-state index in [9.17, 15) is 0 Å². The third-order valence-corrected chi connectivity index (χ3v) is 4.34. The first-order valence-electron chi connectivity index (χ1n) is 6.93. The first kappa shape index (κ1) is 14.5. The second kappa shape index (κ2) is 5.72. The molecule has 1 aliphatic heterocycles. The summed E-state index contributed by atoms with van der Waals surface area (Å²) in [6, 6.07) is 16.7. The largest absolute Gasteiger partial charge is 0.312 e. The van der Waals surface area contributed by atoms with E-state index in [-0.39, 0.29) is 12.4 Å². The quantitative estimate of drug-likeness (QED) is 0.705. The van der Waals surface area contributed by atoms with Gasteiger partial charge in [0.25, 0.3) is 0 Å². The number of halogens is 2. The van der Waals surface area contributed by atoms with Crippen LogP contribution in [-0.4, -0.2) is 11.1 Å². The average molecular weight is 319 g/mol. The van der Waals surface area contributed by atoms with Crippen LogP contribution in [0.2, 0.25) is 5.02 Å². The number of nitrogens with one attached hydrogen (secondary N) is 1. The van der Waals surface area contributed by atoms with Crippen molar-refractivity contribution >= 4 is 34.9 Å². The monoisotopic (exact) mass is 318 g/mol. The Morgan fingerprint density at radius 2 is 1.76 bits per heavy atom. The van der Waals surface area contributed by atoms with E-state index >= 15 is 0 Å². The van der Waals surface area contributed by atoms with E-state index in [1.807, 2.05) is 18.2 Å². The molecule has 1 N–H and O–H groups in total. The van der Waals surface area contributed by atoms with Crippen molar-refractivity contribution in [1.82, 2.24) is 9.88 Å². The molecule has 21 heavy (non-hydrogen) atoms. The van der Waals surface area contributed by atoms with Crippen LogP contribution in [0.5, 0.6) is 0 Å². The molecule has 0 fully saturated rings. The zero-order valence-corrected chi connectivity index (χ0v) is 13.0. The number of hydrogen-bond acceptors (Lipinski definition) is 1. The molecule has 0 unspecified atom stereocenters. The van der Waals surface area contributed by atoms with Gasteiger partial charge in [-0.1, -0.05) is 41.9 Å². The predicted molar refractivity (Wildman–Crippen MR) is 90.9 cm³/mol. The highest BCUT2D eigenvalue weighted by Crippen LogP contribution is 2.33. The normalized spacial score (nSPS) is 13.8. The maximum atomic E-state index is 6.42. The minimum Gasteiger partial charge on any atom is -0.312 e. The third kappa shape index (κ3) is 2.24.